The maximum atomic E-state index is 11.4. The molecule has 0 aromatic heterocycles. The Morgan fingerprint density at radius 1 is 1.22 bits per heavy atom. The highest BCUT2D eigenvalue weighted by atomic mass is 16.6. The molecule has 0 unspecified atom stereocenters. The Bertz CT molecular complexity index is 752. The molecule has 3 nitrogen and oxygen atoms in total. The minimum atomic E-state index is -0.177. The van der Waals surface area contributed by atoms with Crippen molar-refractivity contribution in [2.45, 2.75) is 123 Å². The van der Waals surface area contributed by atoms with Gasteiger partial charge in [-0.2, -0.15) is 0 Å². The zero-order valence-electron chi connectivity index (χ0n) is 21.3. The zero-order chi connectivity index (χ0) is 23.1. The van der Waals surface area contributed by atoms with Crippen LogP contribution in [0.1, 0.15) is 105 Å². The summed E-state index contributed by atoms with van der Waals surface area (Å²) in [6.07, 6.45) is 15.9. The number of fused-ring (bicyclic) bond motifs is 2. The largest absolute Gasteiger partial charge is 0.462 e. The molecule has 180 valence electrons. The summed E-state index contributed by atoms with van der Waals surface area (Å²) in [6.45, 7) is 15.6. The van der Waals surface area contributed by atoms with E-state index in [0.29, 0.717) is 11.3 Å². The summed E-state index contributed by atoms with van der Waals surface area (Å²) < 4.78 is 12.1. The summed E-state index contributed by atoms with van der Waals surface area (Å²) in [5, 5.41) is 0. The van der Waals surface area contributed by atoms with Crippen molar-refractivity contribution in [2.24, 2.45) is 29.1 Å². The van der Waals surface area contributed by atoms with Gasteiger partial charge in [0.1, 0.15) is 17.8 Å². The number of carbonyl (C=O) groups is 1. The van der Waals surface area contributed by atoms with Crippen LogP contribution in [0.15, 0.2) is 23.8 Å². The van der Waals surface area contributed by atoms with Crippen molar-refractivity contribution >= 4 is 5.97 Å². The Labute approximate surface area is 196 Å². The van der Waals surface area contributed by atoms with E-state index in [0.717, 1.165) is 37.0 Å². The first-order valence-corrected chi connectivity index (χ1v) is 13.4. The van der Waals surface area contributed by atoms with Crippen molar-refractivity contribution < 1.29 is 14.3 Å². The molecule has 0 N–H and O–H groups in total. The number of allylic oxidation sites excluding steroid dienone is 1. The molecule has 3 saturated carbocycles. The van der Waals surface area contributed by atoms with E-state index >= 15 is 0 Å². The molecular formula is C29H46O3. The van der Waals surface area contributed by atoms with Crippen LogP contribution in [0.4, 0.5) is 0 Å². The lowest BCUT2D eigenvalue weighted by Crippen LogP contribution is -2.44. The van der Waals surface area contributed by atoms with Gasteiger partial charge in [-0.05, 0) is 85.7 Å². The van der Waals surface area contributed by atoms with Gasteiger partial charge in [0.2, 0.25) is 0 Å². The predicted molar refractivity (Wildman–Crippen MR) is 130 cm³/mol. The maximum Gasteiger partial charge on any atom is 0.302 e. The Kier molecular flexibility index (Phi) is 6.97. The van der Waals surface area contributed by atoms with E-state index in [1.54, 1.807) is 0 Å². The van der Waals surface area contributed by atoms with Crippen LogP contribution in [0.2, 0.25) is 0 Å². The van der Waals surface area contributed by atoms with Crippen LogP contribution in [-0.4, -0.2) is 23.8 Å². The minimum absolute atomic E-state index is 0.00174. The molecule has 3 aliphatic carbocycles. The highest BCUT2D eigenvalue weighted by Gasteiger charge is 2.68. The number of rotatable bonds is 7. The highest BCUT2D eigenvalue weighted by molar-refractivity contribution is 5.66. The highest BCUT2D eigenvalue weighted by Crippen LogP contribution is 2.67. The van der Waals surface area contributed by atoms with Crippen LogP contribution in [-0.2, 0) is 14.3 Å². The Morgan fingerprint density at radius 2 is 2.00 bits per heavy atom. The summed E-state index contributed by atoms with van der Waals surface area (Å²) in [7, 11) is 0. The van der Waals surface area contributed by atoms with Crippen molar-refractivity contribution in [3.63, 3.8) is 0 Å². The lowest BCUT2D eigenvalue weighted by molar-refractivity contribution is -0.146. The molecule has 1 saturated heterocycles. The van der Waals surface area contributed by atoms with Gasteiger partial charge in [-0.15, -0.1) is 0 Å². The fraction of sp³-hybridized carbons (Fsp3) is 0.828. The standard InChI is InChI=1S/C29H46O3/c1-19(2)9-7-10-21(4)25-13-14-26-28(25,6)15-8-16-29(26)27(32-29)18-23-17-24(31-22(5)30)12-11-20(23)3/h18-19,21,24-27H,3,7-17H2,1-2,4-6H3/b23-18-/t21-,24+,25-,26-,27-,28-,29-/m1/s1. The molecular weight excluding hydrogens is 396 g/mol. The molecule has 4 rings (SSSR count). The van der Waals surface area contributed by atoms with Crippen LogP contribution in [0.5, 0.6) is 0 Å². The van der Waals surface area contributed by atoms with Crippen LogP contribution in [0.25, 0.3) is 0 Å². The van der Waals surface area contributed by atoms with E-state index in [1.165, 1.54) is 69.4 Å². The smallest absolute Gasteiger partial charge is 0.302 e. The summed E-state index contributed by atoms with van der Waals surface area (Å²) in [5.74, 6) is 2.98. The first-order chi connectivity index (χ1) is 15.2. The van der Waals surface area contributed by atoms with Crippen molar-refractivity contribution in [1.29, 1.82) is 0 Å². The second kappa shape index (κ2) is 9.28. The second-order valence-corrected chi connectivity index (χ2v) is 12.2. The maximum absolute atomic E-state index is 11.4. The van der Waals surface area contributed by atoms with Crippen molar-refractivity contribution in [3.8, 4) is 0 Å². The molecule has 0 aromatic rings. The topological polar surface area (TPSA) is 38.8 Å². The molecule has 32 heavy (non-hydrogen) atoms. The molecule has 0 aromatic carbocycles. The Balaban J connectivity index is 1.44. The van der Waals surface area contributed by atoms with Crippen molar-refractivity contribution in [3.05, 3.63) is 23.8 Å². The van der Waals surface area contributed by atoms with E-state index in [-0.39, 0.29) is 23.8 Å². The molecule has 0 bridgehead atoms. The molecule has 1 heterocycles. The summed E-state index contributed by atoms with van der Waals surface area (Å²) in [4.78, 5) is 11.4. The van der Waals surface area contributed by atoms with Crippen LogP contribution in [0, 0.1) is 29.1 Å². The van der Waals surface area contributed by atoms with Gasteiger partial charge in [-0.25, -0.2) is 0 Å². The third-order valence-electron chi connectivity index (χ3n) is 9.54. The number of ether oxygens (including phenoxy) is 2. The third kappa shape index (κ3) is 4.61. The summed E-state index contributed by atoms with van der Waals surface area (Å²) in [6, 6.07) is 0. The SMILES string of the molecule is C=C1CC[C@H](OC(C)=O)C/C1=C/[C@H]1O[C@@]12CCC[C@]1(C)[C@@H]([C@H](C)CCCC(C)C)CC[C@H]12. The monoisotopic (exact) mass is 442 g/mol. The molecule has 1 aliphatic heterocycles. The molecule has 4 fully saturated rings. The van der Waals surface area contributed by atoms with Gasteiger partial charge in [0.05, 0.1) is 0 Å². The fourth-order valence-electron chi connectivity index (χ4n) is 7.88. The van der Waals surface area contributed by atoms with E-state index in [4.69, 9.17) is 9.47 Å². The molecule has 7 atom stereocenters. The molecule has 1 spiro atoms. The molecule has 0 amide bonds. The van der Waals surface area contributed by atoms with E-state index in [9.17, 15) is 4.79 Å². The van der Waals surface area contributed by atoms with Gasteiger partial charge in [0.15, 0.2) is 0 Å². The minimum Gasteiger partial charge on any atom is -0.462 e. The number of epoxide rings is 1. The summed E-state index contributed by atoms with van der Waals surface area (Å²) in [5.41, 5.74) is 2.96. The third-order valence-corrected chi connectivity index (χ3v) is 9.54. The summed E-state index contributed by atoms with van der Waals surface area (Å²) >= 11 is 0. The van der Waals surface area contributed by atoms with Crippen molar-refractivity contribution in [1.82, 2.24) is 0 Å². The number of esters is 1. The molecule has 0 radical (unpaired) electrons. The molecule has 3 heteroatoms. The van der Waals surface area contributed by atoms with Gasteiger partial charge in [0.25, 0.3) is 0 Å². The van der Waals surface area contributed by atoms with E-state index in [2.05, 4.69) is 40.3 Å². The lowest BCUT2D eigenvalue weighted by Gasteiger charge is -2.46. The van der Waals surface area contributed by atoms with E-state index < -0.39 is 0 Å². The fourth-order valence-corrected chi connectivity index (χ4v) is 7.88. The van der Waals surface area contributed by atoms with Crippen LogP contribution < -0.4 is 0 Å². The van der Waals surface area contributed by atoms with Gasteiger partial charge >= 0.3 is 5.97 Å². The first-order valence-electron chi connectivity index (χ1n) is 13.4. The lowest BCUT2D eigenvalue weighted by atomic mass is 9.58. The zero-order valence-corrected chi connectivity index (χ0v) is 21.3. The Morgan fingerprint density at radius 3 is 2.72 bits per heavy atom. The average Bonchev–Trinajstić information content (AvgIpc) is 3.23. The average molecular weight is 443 g/mol. The van der Waals surface area contributed by atoms with Gasteiger partial charge in [-0.3, -0.25) is 4.79 Å². The van der Waals surface area contributed by atoms with Gasteiger partial charge in [-0.1, -0.05) is 59.1 Å². The predicted octanol–water partition coefficient (Wildman–Crippen LogP) is 7.40. The number of carbonyl (C=O) groups excluding carboxylic acids is 1. The number of hydrogen-bond acceptors (Lipinski definition) is 3. The normalized spacial score (nSPS) is 41.2. The first kappa shape index (κ1) is 24.0. The van der Waals surface area contributed by atoms with Crippen LogP contribution >= 0.6 is 0 Å². The van der Waals surface area contributed by atoms with Crippen molar-refractivity contribution in [2.75, 3.05) is 0 Å². The van der Waals surface area contributed by atoms with Crippen LogP contribution in [0.3, 0.4) is 0 Å². The van der Waals surface area contributed by atoms with E-state index in [1.807, 2.05) is 0 Å². The molecule has 4 aliphatic rings. The number of hydrogen-bond donors (Lipinski definition) is 0. The van der Waals surface area contributed by atoms with Gasteiger partial charge in [0, 0.05) is 13.3 Å². The van der Waals surface area contributed by atoms with Gasteiger partial charge < -0.3 is 9.47 Å². The quantitative estimate of drug-likeness (QED) is 0.304. The second-order valence-electron chi connectivity index (χ2n) is 12.2. The Hall–Kier alpha value is -1.09.